The molecule has 3 nitrogen and oxygen atoms in total. The van der Waals surface area contributed by atoms with Crippen LogP contribution in [0.2, 0.25) is 0 Å². The monoisotopic (exact) mass is 256 g/mol. The molecule has 0 aliphatic carbocycles. The van der Waals surface area contributed by atoms with Crippen LogP contribution < -0.4 is 9.47 Å². The topological polar surface area (TPSA) is 38.7 Å². The van der Waals surface area contributed by atoms with Gasteiger partial charge < -0.3 is 14.6 Å². The molecule has 2 aromatic carbocycles. The van der Waals surface area contributed by atoms with Crippen LogP contribution in [-0.2, 0) is 6.42 Å². The summed E-state index contributed by atoms with van der Waals surface area (Å²) in [7, 11) is 1.61. The van der Waals surface area contributed by atoms with Crippen molar-refractivity contribution in [3.05, 3.63) is 53.6 Å². The molecule has 0 saturated heterocycles. The molecule has 0 radical (unpaired) electrons. The molecule has 0 amide bonds. The summed E-state index contributed by atoms with van der Waals surface area (Å²) in [5, 5.41) is 9.70. The average molecular weight is 256 g/mol. The fourth-order valence-electron chi connectivity index (χ4n) is 2.53. The maximum Gasteiger partial charge on any atom is 0.130 e. The quantitative estimate of drug-likeness (QED) is 0.894. The van der Waals surface area contributed by atoms with Gasteiger partial charge in [-0.2, -0.15) is 0 Å². The van der Waals surface area contributed by atoms with E-state index in [2.05, 4.69) is 12.1 Å². The first-order valence-corrected chi connectivity index (χ1v) is 6.39. The Hall–Kier alpha value is -2.16. The maximum atomic E-state index is 9.70. The standard InChI is InChI=1S/C16H16O3/c1-18-15-9-12(17)10-16-13(15)7-8-14(19-16)11-5-3-2-4-6-11/h2-6,9-10,14,17H,7-8H2,1H3/t14-/m0/s1. The Morgan fingerprint density at radius 2 is 2.00 bits per heavy atom. The predicted molar refractivity (Wildman–Crippen MR) is 72.8 cm³/mol. The Bertz CT molecular complexity index is 578. The van der Waals surface area contributed by atoms with Crippen molar-refractivity contribution < 1.29 is 14.6 Å². The Balaban J connectivity index is 1.94. The highest BCUT2D eigenvalue weighted by atomic mass is 16.5. The first-order valence-electron chi connectivity index (χ1n) is 6.39. The SMILES string of the molecule is COc1cc(O)cc2c1CC[C@@H](c1ccccc1)O2. The van der Waals surface area contributed by atoms with Crippen LogP contribution >= 0.6 is 0 Å². The number of rotatable bonds is 2. The van der Waals surface area contributed by atoms with Crippen molar-refractivity contribution in [3.8, 4) is 17.2 Å². The highest BCUT2D eigenvalue weighted by Crippen LogP contribution is 2.41. The molecule has 19 heavy (non-hydrogen) atoms. The molecule has 0 saturated carbocycles. The van der Waals surface area contributed by atoms with Crippen LogP contribution in [0.4, 0.5) is 0 Å². The molecule has 1 N–H and O–H groups in total. The molecule has 0 aromatic heterocycles. The van der Waals surface area contributed by atoms with Gasteiger partial charge in [0.25, 0.3) is 0 Å². The van der Waals surface area contributed by atoms with Crippen LogP contribution in [0.15, 0.2) is 42.5 Å². The Labute approximate surface area is 112 Å². The third-order valence-electron chi connectivity index (χ3n) is 3.47. The van der Waals surface area contributed by atoms with E-state index in [0.717, 1.165) is 29.7 Å². The highest BCUT2D eigenvalue weighted by Gasteiger charge is 2.24. The molecule has 1 heterocycles. The molecule has 1 atom stereocenters. The number of aromatic hydroxyl groups is 1. The van der Waals surface area contributed by atoms with Crippen LogP contribution in [0.3, 0.4) is 0 Å². The molecule has 0 spiro atoms. The van der Waals surface area contributed by atoms with E-state index < -0.39 is 0 Å². The first-order chi connectivity index (χ1) is 9.28. The van der Waals surface area contributed by atoms with Gasteiger partial charge in [-0.25, -0.2) is 0 Å². The number of fused-ring (bicyclic) bond motifs is 1. The number of methoxy groups -OCH3 is 1. The zero-order valence-corrected chi connectivity index (χ0v) is 10.8. The summed E-state index contributed by atoms with van der Waals surface area (Å²) in [5.41, 5.74) is 2.20. The Morgan fingerprint density at radius 1 is 1.21 bits per heavy atom. The third-order valence-corrected chi connectivity index (χ3v) is 3.47. The lowest BCUT2D eigenvalue weighted by molar-refractivity contribution is 0.173. The van der Waals surface area contributed by atoms with Gasteiger partial charge >= 0.3 is 0 Å². The minimum atomic E-state index is 0.0419. The minimum absolute atomic E-state index is 0.0419. The van der Waals surface area contributed by atoms with Crippen molar-refractivity contribution in [2.24, 2.45) is 0 Å². The van der Waals surface area contributed by atoms with Crippen molar-refractivity contribution in [2.45, 2.75) is 18.9 Å². The number of phenolic OH excluding ortho intramolecular Hbond substituents is 1. The smallest absolute Gasteiger partial charge is 0.130 e. The molecule has 0 fully saturated rings. The Kier molecular flexibility index (Phi) is 3.03. The van der Waals surface area contributed by atoms with E-state index in [9.17, 15) is 5.11 Å². The first kappa shape index (κ1) is 11.9. The van der Waals surface area contributed by atoms with Gasteiger partial charge in [-0.05, 0) is 18.4 Å². The number of hydrogen-bond donors (Lipinski definition) is 1. The van der Waals surface area contributed by atoms with Crippen LogP contribution in [-0.4, -0.2) is 12.2 Å². The lowest BCUT2D eigenvalue weighted by Gasteiger charge is -2.27. The summed E-state index contributed by atoms with van der Waals surface area (Å²) in [6.07, 6.45) is 1.84. The second-order valence-corrected chi connectivity index (χ2v) is 4.68. The maximum absolute atomic E-state index is 9.70. The molecule has 0 bridgehead atoms. The van der Waals surface area contributed by atoms with Crippen LogP contribution in [0.1, 0.15) is 23.7 Å². The number of benzene rings is 2. The van der Waals surface area contributed by atoms with Crippen molar-refractivity contribution in [1.29, 1.82) is 0 Å². The molecular weight excluding hydrogens is 240 g/mol. The number of hydrogen-bond acceptors (Lipinski definition) is 3. The van der Waals surface area contributed by atoms with E-state index in [1.54, 1.807) is 19.2 Å². The van der Waals surface area contributed by atoms with E-state index >= 15 is 0 Å². The summed E-state index contributed by atoms with van der Waals surface area (Å²) < 4.78 is 11.3. The van der Waals surface area contributed by atoms with Gasteiger partial charge in [0, 0.05) is 17.7 Å². The second-order valence-electron chi connectivity index (χ2n) is 4.68. The molecule has 1 aliphatic rings. The molecule has 98 valence electrons. The highest BCUT2D eigenvalue weighted by molar-refractivity contribution is 5.51. The van der Waals surface area contributed by atoms with E-state index in [4.69, 9.17) is 9.47 Å². The van der Waals surface area contributed by atoms with E-state index in [1.807, 2.05) is 18.2 Å². The van der Waals surface area contributed by atoms with Crippen LogP contribution in [0, 0.1) is 0 Å². The van der Waals surface area contributed by atoms with Gasteiger partial charge in [-0.1, -0.05) is 30.3 Å². The molecule has 3 heteroatoms. The van der Waals surface area contributed by atoms with Crippen molar-refractivity contribution >= 4 is 0 Å². The van der Waals surface area contributed by atoms with E-state index in [-0.39, 0.29) is 11.9 Å². The average Bonchev–Trinajstić information content (AvgIpc) is 2.46. The summed E-state index contributed by atoms with van der Waals surface area (Å²) in [6.45, 7) is 0. The predicted octanol–water partition coefficient (Wildman–Crippen LogP) is 3.47. The zero-order valence-electron chi connectivity index (χ0n) is 10.8. The fourth-order valence-corrected chi connectivity index (χ4v) is 2.53. The van der Waals surface area contributed by atoms with Gasteiger partial charge in [-0.15, -0.1) is 0 Å². The molecular formula is C16H16O3. The lowest BCUT2D eigenvalue weighted by Crippen LogP contribution is -2.15. The van der Waals surface area contributed by atoms with Gasteiger partial charge in [0.2, 0.25) is 0 Å². The largest absolute Gasteiger partial charge is 0.508 e. The summed E-state index contributed by atoms with van der Waals surface area (Å²) >= 11 is 0. The normalized spacial score (nSPS) is 17.4. The summed E-state index contributed by atoms with van der Waals surface area (Å²) in [5.74, 6) is 1.59. The van der Waals surface area contributed by atoms with Crippen LogP contribution in [0.5, 0.6) is 17.2 Å². The lowest BCUT2D eigenvalue weighted by atomic mass is 9.96. The van der Waals surface area contributed by atoms with Crippen molar-refractivity contribution in [3.63, 3.8) is 0 Å². The second kappa shape index (κ2) is 4.84. The Morgan fingerprint density at radius 3 is 2.74 bits per heavy atom. The van der Waals surface area contributed by atoms with Gasteiger partial charge in [0.05, 0.1) is 7.11 Å². The zero-order chi connectivity index (χ0) is 13.2. The number of phenols is 1. The molecule has 2 aromatic rings. The van der Waals surface area contributed by atoms with Gasteiger partial charge in [0.1, 0.15) is 23.4 Å². The van der Waals surface area contributed by atoms with E-state index in [0.29, 0.717) is 5.75 Å². The van der Waals surface area contributed by atoms with E-state index in [1.165, 1.54) is 0 Å². The summed E-state index contributed by atoms with van der Waals surface area (Å²) in [4.78, 5) is 0. The van der Waals surface area contributed by atoms with Crippen molar-refractivity contribution in [2.75, 3.05) is 7.11 Å². The third kappa shape index (κ3) is 2.24. The van der Waals surface area contributed by atoms with Gasteiger partial charge in [0.15, 0.2) is 0 Å². The number of ether oxygens (including phenoxy) is 2. The molecule has 1 aliphatic heterocycles. The van der Waals surface area contributed by atoms with Crippen molar-refractivity contribution in [1.82, 2.24) is 0 Å². The van der Waals surface area contributed by atoms with Crippen LogP contribution in [0.25, 0.3) is 0 Å². The van der Waals surface area contributed by atoms with Gasteiger partial charge in [-0.3, -0.25) is 0 Å². The summed E-state index contributed by atoms with van der Waals surface area (Å²) in [6, 6.07) is 13.4. The minimum Gasteiger partial charge on any atom is -0.508 e. The molecule has 0 unspecified atom stereocenters. The fraction of sp³-hybridized carbons (Fsp3) is 0.250. The molecule has 3 rings (SSSR count).